The third-order valence-corrected chi connectivity index (χ3v) is 50.2. The Balaban J connectivity index is 0.000000153. The Morgan fingerprint density at radius 1 is 0.265 bits per heavy atom. The lowest BCUT2D eigenvalue weighted by Crippen LogP contribution is -2.78. The molecule has 3 N–H and O–H groups in total. The zero-order chi connectivity index (χ0) is 99.0. The molecule has 0 spiro atoms. The fraction of sp³-hybridized carbons (Fsp3) is 0.489. The van der Waals surface area contributed by atoms with E-state index in [1.807, 2.05) is 85.5 Å². The molecule has 18 aliphatic rings. The molecule has 0 saturated carbocycles. The number of carbonyl (C=O) groups excluding carboxylic acids is 13. The van der Waals surface area contributed by atoms with Gasteiger partial charge in [0.25, 0.3) is 59.1 Å². The Morgan fingerprint density at radius 3 is 0.743 bits per heavy atom. The second-order valence-corrected chi connectivity index (χ2v) is 51.3. The predicted octanol–water partition coefficient (Wildman–Crippen LogP) is 8.66. The largest absolute Gasteiger partial charge is 0.462 e. The number of piperazine rings is 6. The third kappa shape index (κ3) is 17.0. The normalized spacial score (nSPS) is 30.6. The maximum absolute atomic E-state index is 13.6. The lowest BCUT2D eigenvalue weighted by atomic mass is 9.94. The highest BCUT2D eigenvalue weighted by Gasteiger charge is 2.73. The Labute approximate surface area is 838 Å². The van der Waals surface area contributed by atoms with Crippen molar-refractivity contribution < 1.29 is 96.6 Å². The number of ether oxygens (including phenoxy) is 4. The molecular weight excluding hydrogens is 1980 g/mol. The Kier molecular flexibility index (Phi) is 30.4. The number of nitrogens with zero attached hydrogens (tertiary/aromatic N) is 12. The minimum absolute atomic E-state index is 0.0189. The maximum atomic E-state index is 13.6. The molecule has 730 valence electrons. The highest BCUT2D eigenvalue weighted by atomic mass is 33.1. The van der Waals surface area contributed by atoms with Crippen LogP contribution in [0.2, 0.25) is 0 Å². The molecule has 12 bridgehead atoms. The zero-order valence-electron chi connectivity index (χ0n) is 78.1. The molecule has 44 heteroatoms. The quantitative estimate of drug-likeness (QED) is 0.0239. The van der Waals surface area contributed by atoms with E-state index in [1.54, 1.807) is 75.8 Å². The average Bonchev–Trinajstić information content (AvgIpc) is 0.657. The van der Waals surface area contributed by atoms with Crippen LogP contribution in [0.5, 0.6) is 0 Å². The number of aryl methyl sites for hydroxylation is 4. The third-order valence-electron chi connectivity index (χ3n) is 27.7. The molecular formula is C92H110N12O20S12. The average molecular weight is 2090 g/mol. The van der Waals surface area contributed by atoms with Gasteiger partial charge in [-0.15, -0.1) is 0 Å². The van der Waals surface area contributed by atoms with Crippen molar-refractivity contribution >= 4 is 207 Å². The molecule has 136 heavy (non-hydrogen) atoms. The smallest absolute Gasteiger partial charge is 0.302 e. The summed E-state index contributed by atoms with van der Waals surface area (Å²) in [5.74, 6) is -3.48. The number of likely N-dealkylation sites (N-methyl/N-ethyl adjacent to an activating group) is 12. The summed E-state index contributed by atoms with van der Waals surface area (Å²) in [7, 11) is 36.7. The van der Waals surface area contributed by atoms with Gasteiger partial charge in [-0.1, -0.05) is 212 Å². The van der Waals surface area contributed by atoms with Gasteiger partial charge in [0.2, 0.25) is 29.2 Å². The SMILES string of the molecule is C=C1N(C)C2(Cc3ccc(CCc4ccc(C[C@@]56SS[C@@](CO)(C(=O)N5C)N(C)C6=O)cc4)cc3)SSC1(CO)N(C)C2=O.C=C1N(C)[C@@]2(Cc3ccc(CCc4ccc(C[C@@]56SS[C@@](COC(C)=O)(C(=O)N5C)N(C)C6=O)cc4)cc3)SS[C@]1(CC)N(C)C2=O.CC(=O)OC[C@@]12SS[C@@](COC(C)=O)(C(=O)N1C)N(C)C2=O.CN1C(=O)[C@]2(COCc3ccccc3)SS[C@@]1(CO)C(=O)N2C. The summed E-state index contributed by atoms with van der Waals surface area (Å²) in [6.07, 6.45) is 6.15. The van der Waals surface area contributed by atoms with Crippen LogP contribution >= 0.6 is 130 Å². The monoisotopic (exact) mass is 2090 g/mol. The summed E-state index contributed by atoms with van der Waals surface area (Å²) < 4.78 is 20.9. The number of carbonyl (C=O) groups is 13. The van der Waals surface area contributed by atoms with Crippen LogP contribution in [-0.4, -0.2) is 340 Å². The van der Waals surface area contributed by atoms with Gasteiger partial charge < -0.3 is 93.1 Å². The van der Waals surface area contributed by atoms with E-state index in [9.17, 15) is 77.6 Å². The van der Waals surface area contributed by atoms with Gasteiger partial charge >= 0.3 is 17.9 Å². The summed E-state index contributed by atoms with van der Waals surface area (Å²) in [4.78, 5) is 172. The molecule has 0 radical (unpaired) electrons. The number of rotatable bonds is 28. The second kappa shape index (κ2) is 39.7. The molecule has 32 nitrogen and oxygen atoms in total. The molecule has 18 heterocycles. The minimum Gasteiger partial charge on any atom is -0.462 e. The zero-order valence-corrected chi connectivity index (χ0v) is 87.9. The first-order valence-corrected chi connectivity index (χ1v) is 56.3. The van der Waals surface area contributed by atoms with E-state index >= 15 is 0 Å². The highest BCUT2D eigenvalue weighted by Crippen LogP contribution is 2.67. The highest BCUT2D eigenvalue weighted by molar-refractivity contribution is 8.80. The predicted molar refractivity (Wildman–Crippen MR) is 538 cm³/mol. The molecule has 0 aliphatic carbocycles. The standard InChI is InChI=1S/C34H40N4O5S4.C31H36N4O5S4.C15H18N2O4S2.C12H16N2O6S2/c1-8-31-22(2)35(4)32(45-44-31,28(40)36(31)5)19-26-15-11-24(12-16-26)9-10-25-13-17-27(18-14-25)20-33-29(41)38(7)34(47-46-33,21-43-23(3)39)30(42)37(33)6;1-20-30(18-36)34(4)25(38)28(32(20)2,41-43-30)16-23-12-8-21(9-13-23)6-7-22-10-14-24(15-11-22)17-29-26(39)35(5)31(19-37,44-42-29)27(40)33(29)3;1-16-13(20)15(10-21-8-11-6-4-3-5-7-11)17(2)12(19)14(16,9-18)22-23-15;1-7(15)19-5-11-9(17)14(4)12(22-21-11,6-20-8(2)16)10(18)13(11)3/h11-18H,2,8-10,19-21H2,1,3-7H3;8-15,36-37H,1,6-7,16-19H2,2-5H3;3-7,18H,8-10H2,1-2H3;5-6H2,1-4H3/t31-,32-,33-,34-;28?,29-,30?,31-;14-,15-;11-,12-/m0000/s1. The van der Waals surface area contributed by atoms with Gasteiger partial charge in [0.1, 0.15) is 24.7 Å². The van der Waals surface area contributed by atoms with Crippen LogP contribution < -0.4 is 0 Å². The molecule has 18 saturated heterocycles. The van der Waals surface area contributed by atoms with E-state index in [1.165, 1.54) is 183 Å². The van der Waals surface area contributed by atoms with Crippen LogP contribution in [0, 0.1) is 0 Å². The number of benzene rings is 5. The van der Waals surface area contributed by atoms with Crippen molar-refractivity contribution in [2.24, 2.45) is 0 Å². The van der Waals surface area contributed by atoms with Crippen molar-refractivity contribution in [1.29, 1.82) is 0 Å². The molecule has 23 rings (SSSR count). The maximum Gasteiger partial charge on any atom is 0.302 e. The number of fused-ring (bicyclic) bond motifs is 18. The minimum atomic E-state index is -1.29. The topological polar surface area (TPSA) is 358 Å². The Morgan fingerprint density at radius 2 is 0.463 bits per heavy atom. The van der Waals surface area contributed by atoms with Crippen LogP contribution in [0.1, 0.15) is 84.2 Å². The van der Waals surface area contributed by atoms with Gasteiger partial charge in [-0.05, 0) is 147 Å². The Bertz CT molecular complexity index is 5460. The number of hydrogen-bond acceptors (Lipinski definition) is 34. The Hall–Kier alpha value is -7.67. The molecule has 12 atom stereocenters. The van der Waals surface area contributed by atoms with Gasteiger partial charge in [-0.25, -0.2) is 0 Å². The molecule has 2 unspecified atom stereocenters. The van der Waals surface area contributed by atoms with E-state index in [2.05, 4.69) is 97.8 Å². The second-order valence-electron chi connectivity index (χ2n) is 35.2. The van der Waals surface area contributed by atoms with Crippen LogP contribution in [0.25, 0.3) is 0 Å². The van der Waals surface area contributed by atoms with Crippen molar-refractivity contribution in [3.8, 4) is 0 Å². The number of aliphatic hydroxyl groups is 3. The van der Waals surface area contributed by atoms with Crippen LogP contribution in [0.4, 0.5) is 0 Å². The molecule has 10 amide bonds. The van der Waals surface area contributed by atoms with E-state index < -0.39 is 84.7 Å². The van der Waals surface area contributed by atoms with Gasteiger partial charge in [-0.2, -0.15) is 0 Å². The summed E-state index contributed by atoms with van der Waals surface area (Å²) in [5.41, 5.74) is 11.6. The first-order chi connectivity index (χ1) is 64.3. The van der Waals surface area contributed by atoms with E-state index in [0.717, 1.165) is 92.9 Å². The fourth-order valence-electron chi connectivity index (χ4n) is 18.2. The van der Waals surface area contributed by atoms with Crippen molar-refractivity contribution in [2.45, 2.75) is 151 Å². The lowest BCUT2D eigenvalue weighted by molar-refractivity contribution is -0.173. The molecule has 0 aromatic heterocycles. The molecule has 5 aromatic carbocycles. The van der Waals surface area contributed by atoms with Gasteiger partial charge in [-0.3, -0.25) is 62.3 Å². The fourth-order valence-corrected chi connectivity index (χ4v) is 40.2. The number of esters is 3. The van der Waals surface area contributed by atoms with Crippen molar-refractivity contribution in [3.05, 3.63) is 202 Å². The van der Waals surface area contributed by atoms with Gasteiger partial charge in [0, 0.05) is 142 Å². The summed E-state index contributed by atoms with van der Waals surface area (Å²) in [5, 5.41) is 29.7. The van der Waals surface area contributed by atoms with E-state index in [4.69, 9.17) is 18.9 Å². The van der Waals surface area contributed by atoms with Crippen LogP contribution in [0.15, 0.2) is 152 Å². The first kappa shape index (κ1) is 104. The van der Waals surface area contributed by atoms with Crippen molar-refractivity contribution in [2.75, 3.05) is 131 Å². The van der Waals surface area contributed by atoms with E-state index in [0.29, 0.717) is 32.3 Å². The number of aliphatic hydroxyl groups excluding tert-OH is 3. The van der Waals surface area contributed by atoms with Crippen molar-refractivity contribution in [3.63, 3.8) is 0 Å². The van der Waals surface area contributed by atoms with Crippen LogP contribution in [0.3, 0.4) is 0 Å². The number of amides is 10. The summed E-state index contributed by atoms with van der Waals surface area (Å²) in [6.45, 7) is 13.3. The van der Waals surface area contributed by atoms with E-state index in [-0.39, 0.29) is 97.0 Å². The number of hydrogen-bond donors (Lipinski definition) is 3. The molecule has 18 aliphatic heterocycles. The summed E-state index contributed by atoms with van der Waals surface area (Å²) >= 11 is 0. The van der Waals surface area contributed by atoms with Gasteiger partial charge in [0.05, 0.1) is 33.0 Å². The summed E-state index contributed by atoms with van der Waals surface area (Å²) in [6, 6.07) is 43.1. The van der Waals surface area contributed by atoms with Crippen molar-refractivity contribution in [1.82, 2.24) is 58.8 Å². The first-order valence-electron chi connectivity index (χ1n) is 43.4. The molecule has 5 aromatic rings. The lowest BCUT2D eigenvalue weighted by Gasteiger charge is -2.62. The van der Waals surface area contributed by atoms with Crippen LogP contribution in [-0.2, 0) is 139 Å². The van der Waals surface area contributed by atoms with Gasteiger partial charge in [0.15, 0.2) is 24.4 Å². The molecule has 18 fully saturated rings.